The molecule has 1 atom stereocenters. The van der Waals surface area contributed by atoms with Crippen molar-refractivity contribution in [3.63, 3.8) is 0 Å². The predicted octanol–water partition coefficient (Wildman–Crippen LogP) is 3.10. The lowest BCUT2D eigenvalue weighted by molar-refractivity contribution is -0.137. The second-order valence-corrected chi connectivity index (χ2v) is 3.59. The standard InChI is InChI=1S/C10H17F3O2/c1-8(15-2)5-6-9(14)4-3-7-10(11,12)13/h8H,3-7H2,1-2H3. The van der Waals surface area contributed by atoms with Gasteiger partial charge in [-0.05, 0) is 19.8 Å². The molecule has 0 saturated heterocycles. The second kappa shape index (κ2) is 6.82. The third-order valence-electron chi connectivity index (χ3n) is 2.15. The summed E-state index contributed by atoms with van der Waals surface area (Å²) in [7, 11) is 1.54. The van der Waals surface area contributed by atoms with E-state index < -0.39 is 12.6 Å². The molecule has 2 nitrogen and oxygen atoms in total. The van der Waals surface area contributed by atoms with Crippen molar-refractivity contribution in [1.82, 2.24) is 0 Å². The first kappa shape index (κ1) is 14.4. The average Bonchev–Trinajstić information content (AvgIpc) is 2.12. The molecule has 0 fully saturated rings. The first-order valence-electron chi connectivity index (χ1n) is 4.96. The molecule has 0 aliphatic carbocycles. The number of Topliss-reactive ketones (excluding diaryl/α,β-unsaturated/α-hetero) is 1. The lowest BCUT2D eigenvalue weighted by atomic mass is 10.1. The van der Waals surface area contributed by atoms with Crippen LogP contribution in [0.3, 0.4) is 0 Å². The average molecular weight is 226 g/mol. The third kappa shape index (κ3) is 9.72. The molecule has 0 bridgehead atoms. The van der Waals surface area contributed by atoms with Crippen molar-refractivity contribution in [2.24, 2.45) is 0 Å². The Morgan fingerprint density at radius 3 is 2.40 bits per heavy atom. The van der Waals surface area contributed by atoms with Crippen LogP contribution in [0.4, 0.5) is 13.2 Å². The summed E-state index contributed by atoms with van der Waals surface area (Å²) in [5, 5.41) is 0. The van der Waals surface area contributed by atoms with Gasteiger partial charge in [-0.2, -0.15) is 13.2 Å². The summed E-state index contributed by atoms with van der Waals surface area (Å²) in [4.78, 5) is 11.1. The molecule has 0 spiro atoms. The van der Waals surface area contributed by atoms with Gasteiger partial charge in [0.1, 0.15) is 5.78 Å². The molecule has 90 valence electrons. The van der Waals surface area contributed by atoms with Crippen LogP contribution >= 0.6 is 0 Å². The van der Waals surface area contributed by atoms with E-state index in [1.807, 2.05) is 6.92 Å². The van der Waals surface area contributed by atoms with Gasteiger partial charge in [0.05, 0.1) is 6.10 Å². The van der Waals surface area contributed by atoms with Gasteiger partial charge in [-0.3, -0.25) is 4.79 Å². The first-order valence-corrected chi connectivity index (χ1v) is 4.96. The minimum absolute atomic E-state index is 0.00987. The topological polar surface area (TPSA) is 26.3 Å². The number of ether oxygens (including phenoxy) is 1. The van der Waals surface area contributed by atoms with Crippen molar-refractivity contribution in [3.8, 4) is 0 Å². The fraction of sp³-hybridized carbons (Fsp3) is 0.900. The lowest BCUT2D eigenvalue weighted by Crippen LogP contribution is -2.10. The lowest BCUT2D eigenvalue weighted by Gasteiger charge is -2.08. The molecule has 0 heterocycles. The number of hydrogen-bond acceptors (Lipinski definition) is 2. The molecule has 0 rings (SSSR count). The maximum atomic E-state index is 11.7. The van der Waals surface area contributed by atoms with Crippen molar-refractivity contribution < 1.29 is 22.7 Å². The molecule has 0 aromatic heterocycles. The van der Waals surface area contributed by atoms with Crippen LogP contribution in [-0.2, 0) is 9.53 Å². The van der Waals surface area contributed by atoms with Crippen molar-refractivity contribution in [2.45, 2.75) is 51.3 Å². The van der Waals surface area contributed by atoms with Crippen LogP contribution in [0.1, 0.15) is 39.0 Å². The molecule has 15 heavy (non-hydrogen) atoms. The number of hydrogen-bond donors (Lipinski definition) is 0. The van der Waals surface area contributed by atoms with E-state index in [1.165, 1.54) is 0 Å². The van der Waals surface area contributed by atoms with Gasteiger partial charge in [0.25, 0.3) is 0 Å². The molecule has 0 radical (unpaired) electrons. The number of methoxy groups -OCH3 is 1. The van der Waals surface area contributed by atoms with Gasteiger partial charge >= 0.3 is 6.18 Å². The smallest absolute Gasteiger partial charge is 0.382 e. The van der Waals surface area contributed by atoms with Crippen LogP contribution in [0.25, 0.3) is 0 Å². The molecule has 0 aliphatic rings. The molecule has 0 amide bonds. The SMILES string of the molecule is COC(C)CCC(=O)CCCC(F)(F)F. The van der Waals surface area contributed by atoms with Crippen molar-refractivity contribution >= 4 is 5.78 Å². The second-order valence-electron chi connectivity index (χ2n) is 3.59. The van der Waals surface area contributed by atoms with Crippen LogP contribution in [0.15, 0.2) is 0 Å². The van der Waals surface area contributed by atoms with E-state index in [0.29, 0.717) is 12.8 Å². The monoisotopic (exact) mass is 226 g/mol. The van der Waals surface area contributed by atoms with Crippen LogP contribution in [0.5, 0.6) is 0 Å². The Hall–Kier alpha value is -0.580. The Bertz CT molecular complexity index is 190. The van der Waals surface area contributed by atoms with Gasteiger partial charge in [0, 0.05) is 26.4 Å². The molecule has 0 aromatic rings. The summed E-state index contributed by atoms with van der Waals surface area (Å²) in [5.41, 5.74) is 0. The zero-order valence-corrected chi connectivity index (χ0v) is 9.06. The minimum atomic E-state index is -4.15. The van der Waals surface area contributed by atoms with E-state index in [1.54, 1.807) is 7.11 Å². The summed E-state index contributed by atoms with van der Waals surface area (Å²) >= 11 is 0. The number of ketones is 1. The van der Waals surface area contributed by atoms with Gasteiger partial charge < -0.3 is 4.74 Å². The third-order valence-corrected chi connectivity index (χ3v) is 2.15. The Morgan fingerprint density at radius 2 is 1.93 bits per heavy atom. The molecule has 0 aromatic carbocycles. The quantitative estimate of drug-likeness (QED) is 0.666. The van der Waals surface area contributed by atoms with Gasteiger partial charge in [-0.15, -0.1) is 0 Å². The fourth-order valence-electron chi connectivity index (χ4n) is 1.09. The zero-order chi connectivity index (χ0) is 11.9. The number of alkyl halides is 3. The molecule has 0 saturated carbocycles. The highest BCUT2D eigenvalue weighted by Gasteiger charge is 2.26. The Balaban J connectivity index is 3.50. The first-order chi connectivity index (χ1) is 6.85. The van der Waals surface area contributed by atoms with Crippen molar-refractivity contribution in [3.05, 3.63) is 0 Å². The maximum Gasteiger partial charge on any atom is 0.389 e. The molecule has 0 aliphatic heterocycles. The molecule has 5 heteroatoms. The van der Waals surface area contributed by atoms with Crippen LogP contribution in [0, 0.1) is 0 Å². The zero-order valence-electron chi connectivity index (χ0n) is 9.06. The summed E-state index contributed by atoms with van der Waals surface area (Å²) < 4.78 is 40.2. The Kier molecular flexibility index (Phi) is 6.56. The van der Waals surface area contributed by atoms with E-state index in [2.05, 4.69) is 0 Å². The normalized spacial score (nSPS) is 13.9. The van der Waals surface area contributed by atoms with Gasteiger partial charge in [-0.1, -0.05) is 0 Å². The highest BCUT2D eigenvalue weighted by atomic mass is 19.4. The van der Waals surface area contributed by atoms with Crippen LogP contribution in [0.2, 0.25) is 0 Å². The van der Waals surface area contributed by atoms with E-state index in [0.717, 1.165) is 0 Å². The highest BCUT2D eigenvalue weighted by Crippen LogP contribution is 2.22. The highest BCUT2D eigenvalue weighted by molar-refractivity contribution is 5.78. The fourth-order valence-corrected chi connectivity index (χ4v) is 1.09. The van der Waals surface area contributed by atoms with Crippen molar-refractivity contribution in [1.29, 1.82) is 0 Å². The predicted molar refractivity (Wildman–Crippen MR) is 50.6 cm³/mol. The van der Waals surface area contributed by atoms with Crippen molar-refractivity contribution in [2.75, 3.05) is 7.11 Å². The summed E-state index contributed by atoms with van der Waals surface area (Å²) in [6.07, 6.45) is -4.27. The van der Waals surface area contributed by atoms with Gasteiger partial charge in [-0.25, -0.2) is 0 Å². The Morgan fingerprint density at radius 1 is 1.33 bits per heavy atom. The van der Waals surface area contributed by atoms with E-state index in [9.17, 15) is 18.0 Å². The molecular weight excluding hydrogens is 209 g/mol. The Labute approximate surface area is 87.8 Å². The summed E-state index contributed by atoms with van der Waals surface area (Å²) in [5.74, 6) is -0.122. The largest absolute Gasteiger partial charge is 0.389 e. The number of carbonyl (C=O) groups is 1. The van der Waals surface area contributed by atoms with Gasteiger partial charge in [0.15, 0.2) is 0 Å². The summed E-state index contributed by atoms with van der Waals surface area (Å²) in [6.45, 7) is 1.82. The van der Waals surface area contributed by atoms with E-state index in [4.69, 9.17) is 4.74 Å². The molecule has 0 N–H and O–H groups in total. The van der Waals surface area contributed by atoms with Gasteiger partial charge in [0.2, 0.25) is 0 Å². The number of carbonyl (C=O) groups excluding carboxylic acids is 1. The van der Waals surface area contributed by atoms with E-state index in [-0.39, 0.29) is 24.7 Å². The molecular formula is C10H17F3O2. The number of halogens is 3. The minimum Gasteiger partial charge on any atom is -0.382 e. The summed E-state index contributed by atoms with van der Waals surface area (Å²) in [6, 6.07) is 0. The van der Waals surface area contributed by atoms with Crippen LogP contribution in [-0.4, -0.2) is 25.2 Å². The van der Waals surface area contributed by atoms with E-state index >= 15 is 0 Å². The number of rotatable bonds is 7. The molecule has 1 unspecified atom stereocenters. The maximum absolute atomic E-state index is 11.7. The van der Waals surface area contributed by atoms with Crippen LogP contribution < -0.4 is 0 Å².